The van der Waals surface area contributed by atoms with Gasteiger partial charge in [0.1, 0.15) is 4.90 Å². The maximum Gasteiger partial charge on any atom is 0.295 e. The lowest BCUT2D eigenvalue weighted by molar-refractivity contribution is -0.432. The van der Waals surface area contributed by atoms with Crippen molar-refractivity contribution < 1.29 is 32.3 Å². The fourth-order valence-corrected chi connectivity index (χ4v) is 6.97. The minimum absolute atomic E-state index is 0.182. The highest BCUT2D eigenvalue weighted by atomic mass is 32.2. The molecule has 0 atom stereocenters. The molecule has 19 nitrogen and oxygen atoms in total. The Balaban J connectivity index is 1.16. The first-order chi connectivity index (χ1) is 28.6. The molecule has 304 valence electrons. The summed E-state index contributed by atoms with van der Waals surface area (Å²) in [5.74, 6) is 1.78. The van der Waals surface area contributed by atoms with Crippen molar-refractivity contribution in [3.8, 4) is 0 Å². The van der Waals surface area contributed by atoms with E-state index in [-0.39, 0.29) is 28.3 Å². The van der Waals surface area contributed by atoms with E-state index in [1.807, 2.05) is 65.6 Å². The highest BCUT2D eigenvalue weighted by Gasteiger charge is 2.22. The molecule has 2 aromatic heterocycles. The van der Waals surface area contributed by atoms with Crippen LogP contribution in [-0.4, -0.2) is 88.5 Å². The van der Waals surface area contributed by atoms with Crippen molar-refractivity contribution in [3.05, 3.63) is 108 Å². The molecular formula is C38H38N12O7S2. The van der Waals surface area contributed by atoms with E-state index in [4.69, 9.17) is 19.3 Å². The molecule has 7 rings (SSSR count). The minimum atomic E-state index is -4.73. The van der Waals surface area contributed by atoms with Crippen LogP contribution >= 0.6 is 12.0 Å². The Hall–Kier alpha value is -6.46. The van der Waals surface area contributed by atoms with Crippen LogP contribution in [0.4, 0.5) is 58.4 Å². The van der Waals surface area contributed by atoms with Crippen molar-refractivity contribution in [2.75, 3.05) is 71.5 Å². The number of nitrogens with one attached hydrogen (secondary N) is 4. The molecule has 0 amide bonds. The topological polar surface area (TPSA) is 234 Å². The summed E-state index contributed by atoms with van der Waals surface area (Å²) in [5.41, 5.74) is 3.19. The Kier molecular flexibility index (Phi) is 13.0. The first-order valence-corrected chi connectivity index (χ1v) is 20.1. The molecule has 0 bridgehead atoms. The lowest BCUT2D eigenvalue weighted by Gasteiger charge is -2.28. The molecule has 4 aromatic carbocycles. The van der Waals surface area contributed by atoms with Gasteiger partial charge in [0.05, 0.1) is 25.3 Å². The first-order valence-electron chi connectivity index (χ1n) is 17.9. The smallest absolute Gasteiger partial charge is 0.295 e. The number of rotatable bonds is 16. The second kappa shape index (κ2) is 18.9. The third kappa shape index (κ3) is 10.7. The Bertz CT molecular complexity index is 2520. The molecular weight excluding hydrogens is 801 g/mol. The summed E-state index contributed by atoms with van der Waals surface area (Å²) in [7, 11) is -1.36. The Labute approximate surface area is 343 Å². The third-order valence-electron chi connectivity index (χ3n) is 8.65. The van der Waals surface area contributed by atoms with Crippen LogP contribution in [0, 0.1) is 0 Å². The number of para-hydroxylation sites is 2. The monoisotopic (exact) mass is 838 g/mol. The van der Waals surface area contributed by atoms with Gasteiger partial charge in [0.15, 0.2) is 0 Å². The van der Waals surface area contributed by atoms with Crippen LogP contribution in [0.2, 0.25) is 0 Å². The molecule has 21 heteroatoms. The zero-order valence-electron chi connectivity index (χ0n) is 31.6. The summed E-state index contributed by atoms with van der Waals surface area (Å²) in [6.45, 7) is 2.19. The Morgan fingerprint density at radius 1 is 0.746 bits per heavy atom. The van der Waals surface area contributed by atoms with Crippen LogP contribution < -0.4 is 31.1 Å². The lowest BCUT2D eigenvalue weighted by atomic mass is 10.1. The largest absolute Gasteiger partial charge is 0.378 e. The van der Waals surface area contributed by atoms with Gasteiger partial charge in [0.2, 0.25) is 35.7 Å². The lowest BCUT2D eigenvalue weighted by Crippen LogP contribution is -2.37. The number of morpholine rings is 1. The van der Waals surface area contributed by atoms with Gasteiger partial charge in [-0.25, -0.2) is 5.26 Å². The van der Waals surface area contributed by atoms with Crippen LogP contribution in [-0.2, 0) is 24.2 Å². The Morgan fingerprint density at radius 3 is 1.97 bits per heavy atom. The average Bonchev–Trinajstić information content (AvgIpc) is 3.25. The standard InChI is InChI=1S/C38H38N12O7S2/c1-39-33-43-34(40-27-9-5-3-6-10-27)45-35(44-33)42-29-17-15-25(31(23-29)58-57-56-51)13-14-26-16-18-30(24-32(26)59(52,53)54)49(2)37-46-36(41-28-11-7-4-8-12-28)47-38(48-37)50-19-21-55-22-20-50/h3-18,23-24,51H,19-22H2,1-2H3,(H,52,53,54)(H,41,46,47,48)(H3,39,40,42,43,44,45)/b14-13+. The fraction of sp³-hybridized carbons (Fsp3) is 0.158. The molecule has 0 saturated carbocycles. The van der Waals surface area contributed by atoms with E-state index in [9.17, 15) is 13.0 Å². The van der Waals surface area contributed by atoms with Crippen LogP contribution in [0.5, 0.6) is 0 Å². The van der Waals surface area contributed by atoms with Gasteiger partial charge in [-0.2, -0.15) is 38.3 Å². The van der Waals surface area contributed by atoms with Gasteiger partial charge >= 0.3 is 0 Å². The SMILES string of the molecule is CNc1nc(Nc2ccccc2)nc(Nc2ccc(/C=C/c3ccc(N(C)c4nc(Nc5ccccc5)nc(N5CCOCC5)n4)cc3S(=O)(=O)O)c(SOOO)c2)n1. The number of benzene rings is 4. The van der Waals surface area contributed by atoms with Gasteiger partial charge < -0.3 is 35.8 Å². The van der Waals surface area contributed by atoms with Crippen molar-refractivity contribution in [1.82, 2.24) is 29.9 Å². The minimum Gasteiger partial charge on any atom is -0.378 e. The number of ether oxygens (including phenoxy) is 1. The van der Waals surface area contributed by atoms with Gasteiger partial charge in [-0.3, -0.25) is 4.55 Å². The molecule has 59 heavy (non-hydrogen) atoms. The van der Waals surface area contributed by atoms with E-state index >= 15 is 0 Å². The highest BCUT2D eigenvalue weighted by Crippen LogP contribution is 2.33. The number of aromatic nitrogens is 6. The fourth-order valence-electron chi connectivity index (χ4n) is 5.76. The van der Waals surface area contributed by atoms with Crippen molar-refractivity contribution in [2.45, 2.75) is 9.79 Å². The van der Waals surface area contributed by atoms with Gasteiger partial charge in [-0.05, 0) is 59.7 Å². The van der Waals surface area contributed by atoms with Gasteiger partial charge in [-0.1, -0.05) is 65.7 Å². The maximum absolute atomic E-state index is 12.8. The molecule has 1 saturated heterocycles. The molecule has 3 heterocycles. The molecule has 0 aliphatic carbocycles. The zero-order chi connectivity index (χ0) is 41.2. The van der Waals surface area contributed by atoms with Crippen LogP contribution in [0.1, 0.15) is 11.1 Å². The van der Waals surface area contributed by atoms with Gasteiger partial charge in [-0.15, -0.1) is 4.33 Å². The molecule has 1 aliphatic heterocycles. The molecule has 0 unspecified atom stereocenters. The molecule has 1 aliphatic rings. The average molecular weight is 839 g/mol. The van der Waals surface area contributed by atoms with Crippen LogP contribution in [0.3, 0.4) is 0 Å². The van der Waals surface area contributed by atoms with Crippen LogP contribution in [0.15, 0.2) is 107 Å². The van der Waals surface area contributed by atoms with Crippen molar-refractivity contribution in [2.24, 2.45) is 0 Å². The second-order valence-electron chi connectivity index (χ2n) is 12.6. The zero-order valence-corrected chi connectivity index (χ0v) is 33.2. The van der Waals surface area contributed by atoms with E-state index in [1.54, 1.807) is 55.4 Å². The number of hydrogen-bond donors (Lipinski definition) is 6. The molecule has 1 fully saturated rings. The molecule has 0 spiro atoms. The summed E-state index contributed by atoms with van der Waals surface area (Å²) in [6, 6.07) is 28.5. The third-order valence-corrected chi connectivity index (χ3v) is 10.2. The second-order valence-corrected chi connectivity index (χ2v) is 14.7. The number of anilines is 10. The molecule has 6 aromatic rings. The normalized spacial score (nSPS) is 13.0. The van der Waals surface area contributed by atoms with E-state index in [0.29, 0.717) is 78.0 Å². The predicted octanol–water partition coefficient (Wildman–Crippen LogP) is 6.78. The highest BCUT2D eigenvalue weighted by molar-refractivity contribution is 7.94. The van der Waals surface area contributed by atoms with Gasteiger partial charge in [0, 0.05) is 54.8 Å². The Morgan fingerprint density at radius 2 is 1.34 bits per heavy atom. The number of nitrogens with zero attached hydrogens (tertiary/aromatic N) is 8. The predicted molar refractivity (Wildman–Crippen MR) is 225 cm³/mol. The van der Waals surface area contributed by atoms with Crippen molar-refractivity contribution in [1.29, 1.82) is 0 Å². The quantitative estimate of drug-likeness (QED) is 0.0194. The van der Waals surface area contributed by atoms with Crippen LogP contribution in [0.25, 0.3) is 12.2 Å². The summed E-state index contributed by atoms with van der Waals surface area (Å²) in [5, 5.41) is 25.2. The summed E-state index contributed by atoms with van der Waals surface area (Å²) >= 11 is 0.696. The molecule has 0 radical (unpaired) electrons. The van der Waals surface area contributed by atoms with Crippen molar-refractivity contribution in [3.63, 3.8) is 0 Å². The van der Waals surface area contributed by atoms with E-state index in [2.05, 4.69) is 51.2 Å². The first kappa shape index (κ1) is 40.7. The number of hydrogen-bond acceptors (Lipinski definition) is 19. The molecule has 6 N–H and O–H groups in total. The summed E-state index contributed by atoms with van der Waals surface area (Å²) in [4.78, 5) is 30.9. The summed E-state index contributed by atoms with van der Waals surface area (Å²) in [6.07, 6.45) is 3.14. The summed E-state index contributed by atoms with van der Waals surface area (Å²) < 4.78 is 46.3. The van der Waals surface area contributed by atoms with Crippen molar-refractivity contribution >= 4 is 92.8 Å². The van der Waals surface area contributed by atoms with E-state index in [1.165, 1.54) is 12.1 Å². The maximum atomic E-state index is 12.8. The van der Waals surface area contributed by atoms with E-state index in [0.717, 1.165) is 11.4 Å². The van der Waals surface area contributed by atoms with Gasteiger partial charge in [0.25, 0.3) is 10.1 Å². The van der Waals surface area contributed by atoms with E-state index < -0.39 is 10.1 Å².